The highest BCUT2D eigenvalue weighted by atomic mass is 19.1. The molecule has 28 heavy (non-hydrogen) atoms. The molecule has 1 aliphatic heterocycles. The van der Waals surface area contributed by atoms with E-state index in [9.17, 15) is 14.0 Å². The van der Waals surface area contributed by atoms with Crippen molar-refractivity contribution in [2.24, 2.45) is 5.92 Å². The minimum atomic E-state index is -0.263. The normalized spacial score (nSPS) is 21.2. The van der Waals surface area contributed by atoms with Crippen molar-refractivity contribution in [1.29, 1.82) is 0 Å². The fourth-order valence-electron chi connectivity index (χ4n) is 4.52. The van der Waals surface area contributed by atoms with Crippen LogP contribution < -0.4 is 5.32 Å². The second kappa shape index (κ2) is 8.33. The van der Waals surface area contributed by atoms with Gasteiger partial charge in [0.1, 0.15) is 5.82 Å². The molecule has 0 bridgehead atoms. The Bertz CT molecular complexity index is 855. The van der Waals surface area contributed by atoms with Crippen LogP contribution in [0.2, 0.25) is 0 Å². The third-order valence-electron chi connectivity index (χ3n) is 6.17. The van der Waals surface area contributed by atoms with Gasteiger partial charge in [0.2, 0.25) is 11.8 Å². The zero-order valence-corrected chi connectivity index (χ0v) is 16.2. The molecule has 1 unspecified atom stereocenters. The van der Waals surface area contributed by atoms with E-state index in [-0.39, 0.29) is 29.6 Å². The molecular formula is C22H28FN3O2. The van der Waals surface area contributed by atoms with E-state index in [2.05, 4.69) is 10.3 Å². The molecule has 2 amide bonds. The number of aromatic amines is 1. The van der Waals surface area contributed by atoms with Crippen molar-refractivity contribution < 1.29 is 14.0 Å². The molecule has 2 aromatic rings. The average molecular weight is 385 g/mol. The molecule has 150 valence electrons. The smallest absolute Gasteiger partial charge is 0.225 e. The van der Waals surface area contributed by atoms with Gasteiger partial charge in [-0.15, -0.1) is 0 Å². The zero-order valence-electron chi connectivity index (χ0n) is 16.2. The van der Waals surface area contributed by atoms with Crippen molar-refractivity contribution in [2.75, 3.05) is 13.1 Å². The molecule has 1 atom stereocenters. The van der Waals surface area contributed by atoms with Gasteiger partial charge in [-0.1, -0.05) is 25.7 Å². The summed E-state index contributed by atoms with van der Waals surface area (Å²) >= 11 is 0. The van der Waals surface area contributed by atoms with E-state index in [4.69, 9.17) is 0 Å². The molecule has 0 spiro atoms. The summed E-state index contributed by atoms with van der Waals surface area (Å²) in [4.78, 5) is 29.9. The summed E-state index contributed by atoms with van der Waals surface area (Å²) in [6.45, 7) is 1.03. The second-order valence-corrected chi connectivity index (χ2v) is 8.19. The molecule has 6 heteroatoms. The Balaban J connectivity index is 1.32. The summed E-state index contributed by atoms with van der Waals surface area (Å²) in [5.41, 5.74) is 1.89. The molecule has 1 saturated heterocycles. The molecule has 4 rings (SSSR count). The van der Waals surface area contributed by atoms with E-state index in [0.717, 1.165) is 29.3 Å². The van der Waals surface area contributed by atoms with E-state index >= 15 is 0 Å². The summed E-state index contributed by atoms with van der Waals surface area (Å²) in [6.07, 6.45) is 9.76. The summed E-state index contributed by atoms with van der Waals surface area (Å²) < 4.78 is 13.5. The molecule has 2 heterocycles. The standard InChI is InChI=1S/C22H28FN3O2/c23-17-7-8-20-19(12-17)15(13-24-20)9-10-26-14-16(11-21(26)27)22(28)25-18-5-3-1-2-4-6-18/h7-8,12-13,16,18,24H,1-6,9-11,14H2,(H,25,28). The Labute approximate surface area is 164 Å². The van der Waals surface area contributed by atoms with Crippen LogP contribution in [-0.4, -0.2) is 40.8 Å². The predicted molar refractivity (Wildman–Crippen MR) is 106 cm³/mol. The number of likely N-dealkylation sites (tertiary alicyclic amines) is 1. The topological polar surface area (TPSA) is 65.2 Å². The highest BCUT2D eigenvalue weighted by molar-refractivity contribution is 5.89. The maximum absolute atomic E-state index is 13.5. The molecular weight excluding hydrogens is 357 g/mol. The number of benzene rings is 1. The van der Waals surface area contributed by atoms with E-state index in [1.54, 1.807) is 11.0 Å². The maximum Gasteiger partial charge on any atom is 0.225 e. The Morgan fingerprint density at radius 1 is 1.21 bits per heavy atom. The van der Waals surface area contributed by atoms with Gasteiger partial charge in [0.15, 0.2) is 0 Å². The summed E-state index contributed by atoms with van der Waals surface area (Å²) in [7, 11) is 0. The van der Waals surface area contributed by atoms with Crippen LogP contribution in [0.1, 0.15) is 50.5 Å². The Kier molecular flexibility index (Phi) is 5.64. The number of fused-ring (bicyclic) bond motifs is 1. The minimum absolute atomic E-state index is 0.0249. The molecule has 2 fully saturated rings. The molecule has 5 nitrogen and oxygen atoms in total. The Morgan fingerprint density at radius 3 is 2.79 bits per heavy atom. The van der Waals surface area contributed by atoms with Gasteiger partial charge >= 0.3 is 0 Å². The molecule has 1 aliphatic carbocycles. The number of amides is 2. The van der Waals surface area contributed by atoms with Gasteiger partial charge in [0, 0.05) is 42.7 Å². The molecule has 2 N–H and O–H groups in total. The number of nitrogens with one attached hydrogen (secondary N) is 2. The average Bonchev–Trinajstić information content (AvgIpc) is 3.14. The van der Waals surface area contributed by atoms with Crippen LogP contribution >= 0.6 is 0 Å². The van der Waals surface area contributed by atoms with Gasteiger partial charge in [0.05, 0.1) is 5.92 Å². The summed E-state index contributed by atoms with van der Waals surface area (Å²) in [5.74, 6) is -0.457. The van der Waals surface area contributed by atoms with Gasteiger partial charge in [-0.3, -0.25) is 9.59 Å². The molecule has 1 aromatic carbocycles. The van der Waals surface area contributed by atoms with Gasteiger partial charge in [0.25, 0.3) is 0 Å². The van der Waals surface area contributed by atoms with Crippen LogP contribution in [0.3, 0.4) is 0 Å². The number of hydrogen-bond donors (Lipinski definition) is 2. The third-order valence-corrected chi connectivity index (χ3v) is 6.17. The van der Waals surface area contributed by atoms with Crippen LogP contribution in [0.15, 0.2) is 24.4 Å². The van der Waals surface area contributed by atoms with E-state index < -0.39 is 0 Å². The number of H-pyrrole nitrogens is 1. The Hall–Kier alpha value is -2.37. The maximum atomic E-state index is 13.5. The minimum Gasteiger partial charge on any atom is -0.361 e. The third kappa shape index (κ3) is 4.21. The Morgan fingerprint density at radius 2 is 2.00 bits per heavy atom. The number of carbonyl (C=O) groups excluding carboxylic acids is 2. The lowest BCUT2D eigenvalue weighted by Crippen LogP contribution is -2.39. The molecule has 0 radical (unpaired) electrons. The lowest BCUT2D eigenvalue weighted by molar-refractivity contribution is -0.129. The largest absolute Gasteiger partial charge is 0.361 e. The monoisotopic (exact) mass is 385 g/mol. The van der Waals surface area contributed by atoms with Crippen LogP contribution in [0, 0.1) is 11.7 Å². The van der Waals surface area contributed by atoms with E-state index in [1.807, 2.05) is 6.20 Å². The summed E-state index contributed by atoms with van der Waals surface area (Å²) in [5, 5.41) is 4.03. The highest BCUT2D eigenvalue weighted by Crippen LogP contribution is 2.23. The number of halogens is 1. The summed E-state index contributed by atoms with van der Waals surface area (Å²) in [6, 6.07) is 4.95. The quantitative estimate of drug-likeness (QED) is 0.773. The number of nitrogens with zero attached hydrogens (tertiary/aromatic N) is 1. The second-order valence-electron chi connectivity index (χ2n) is 8.19. The van der Waals surface area contributed by atoms with Crippen molar-refractivity contribution in [2.45, 2.75) is 57.4 Å². The van der Waals surface area contributed by atoms with Gasteiger partial charge in [-0.2, -0.15) is 0 Å². The SMILES string of the molecule is O=C(NC1CCCCCC1)C1CC(=O)N(CCc2c[nH]c3ccc(F)cc23)C1. The lowest BCUT2D eigenvalue weighted by atomic mass is 10.0. The first-order chi connectivity index (χ1) is 13.6. The number of hydrogen-bond acceptors (Lipinski definition) is 2. The molecule has 2 aliphatic rings. The van der Waals surface area contributed by atoms with E-state index in [1.165, 1.54) is 37.8 Å². The van der Waals surface area contributed by atoms with Crippen LogP contribution in [-0.2, 0) is 16.0 Å². The number of aromatic nitrogens is 1. The molecule has 1 aromatic heterocycles. The number of carbonyl (C=O) groups is 2. The first-order valence-electron chi connectivity index (χ1n) is 10.4. The zero-order chi connectivity index (χ0) is 19.5. The van der Waals surface area contributed by atoms with Crippen molar-refractivity contribution in [3.05, 3.63) is 35.8 Å². The van der Waals surface area contributed by atoms with Crippen molar-refractivity contribution in [1.82, 2.24) is 15.2 Å². The fraction of sp³-hybridized carbons (Fsp3) is 0.545. The van der Waals surface area contributed by atoms with E-state index in [0.29, 0.717) is 25.9 Å². The van der Waals surface area contributed by atoms with Crippen molar-refractivity contribution in [3.63, 3.8) is 0 Å². The van der Waals surface area contributed by atoms with Crippen molar-refractivity contribution >= 4 is 22.7 Å². The lowest BCUT2D eigenvalue weighted by Gasteiger charge is -2.20. The van der Waals surface area contributed by atoms with Gasteiger partial charge < -0.3 is 15.2 Å². The van der Waals surface area contributed by atoms with Gasteiger partial charge in [-0.25, -0.2) is 4.39 Å². The van der Waals surface area contributed by atoms with Crippen molar-refractivity contribution in [3.8, 4) is 0 Å². The fourth-order valence-corrected chi connectivity index (χ4v) is 4.52. The predicted octanol–water partition coefficient (Wildman–Crippen LogP) is 3.54. The van der Waals surface area contributed by atoms with Gasteiger partial charge in [-0.05, 0) is 43.0 Å². The molecule has 1 saturated carbocycles. The van der Waals surface area contributed by atoms with Crippen LogP contribution in [0.25, 0.3) is 10.9 Å². The number of rotatable bonds is 5. The highest BCUT2D eigenvalue weighted by Gasteiger charge is 2.34. The first-order valence-corrected chi connectivity index (χ1v) is 10.4. The first kappa shape index (κ1) is 19.0. The van der Waals surface area contributed by atoms with Crippen LogP contribution in [0.5, 0.6) is 0 Å². The van der Waals surface area contributed by atoms with Crippen LogP contribution in [0.4, 0.5) is 4.39 Å².